The van der Waals surface area contributed by atoms with Crippen LogP contribution in [0.4, 0.5) is 14.6 Å². The number of carbonyl (C=O) groups is 2. The van der Waals surface area contributed by atoms with Crippen molar-refractivity contribution >= 4 is 50.9 Å². The van der Waals surface area contributed by atoms with Gasteiger partial charge in [-0.25, -0.2) is 27.0 Å². The number of nitrogens with one attached hydrogen (secondary N) is 1. The zero-order valence-corrected chi connectivity index (χ0v) is 21.8. The molecule has 1 aliphatic heterocycles. The Labute approximate surface area is 222 Å². The number of rotatable bonds is 8. The van der Waals surface area contributed by atoms with Crippen LogP contribution in [0.15, 0.2) is 24.3 Å². The van der Waals surface area contributed by atoms with Gasteiger partial charge in [0.25, 0.3) is 6.43 Å². The first-order chi connectivity index (χ1) is 17.5. The Morgan fingerprint density at radius 2 is 1.95 bits per heavy atom. The standard InChI is InChI=1S/C23H22Cl2F2N4O5S/c1-2-36-23(33)17-9-15(11-28)21(29-19(17)20(26)27)31-7-5-13(6-8-31)22(32)30-37(34,35)12-14-3-4-16(24)10-18(14)25/h3-4,9-10,13,20H,2,5-8,12H2,1H3,(H,30,32). The second-order valence-corrected chi connectivity index (χ2v) is 10.7. The first-order valence-electron chi connectivity index (χ1n) is 11.1. The third kappa shape index (κ3) is 7.06. The van der Waals surface area contributed by atoms with Gasteiger partial charge in [-0.15, -0.1) is 0 Å². The summed E-state index contributed by atoms with van der Waals surface area (Å²) in [4.78, 5) is 30.2. The molecular formula is C23H22Cl2F2N4O5S. The van der Waals surface area contributed by atoms with Crippen molar-refractivity contribution in [3.8, 4) is 6.07 Å². The topological polar surface area (TPSA) is 129 Å². The van der Waals surface area contributed by atoms with Gasteiger partial charge in [0.05, 0.1) is 23.5 Å². The van der Waals surface area contributed by atoms with Gasteiger partial charge >= 0.3 is 5.97 Å². The van der Waals surface area contributed by atoms with Gasteiger partial charge in [0.2, 0.25) is 15.9 Å². The fourth-order valence-corrected chi connectivity index (χ4v) is 5.61. The van der Waals surface area contributed by atoms with Crippen LogP contribution in [-0.2, 0) is 25.3 Å². The Kier molecular flexibility index (Phi) is 9.28. The number of alkyl halides is 2. The third-order valence-electron chi connectivity index (χ3n) is 5.64. The number of nitriles is 1. The maximum Gasteiger partial charge on any atom is 0.340 e. The van der Waals surface area contributed by atoms with Crippen LogP contribution in [0.3, 0.4) is 0 Å². The van der Waals surface area contributed by atoms with Gasteiger partial charge < -0.3 is 9.64 Å². The maximum absolute atomic E-state index is 13.6. The minimum atomic E-state index is -4.05. The highest BCUT2D eigenvalue weighted by atomic mass is 35.5. The third-order valence-corrected chi connectivity index (χ3v) is 7.43. The van der Waals surface area contributed by atoms with E-state index in [0.717, 1.165) is 6.07 Å². The molecule has 0 aliphatic carbocycles. The van der Waals surface area contributed by atoms with Gasteiger partial charge in [-0.1, -0.05) is 29.3 Å². The zero-order chi connectivity index (χ0) is 27.3. The van der Waals surface area contributed by atoms with Crippen LogP contribution >= 0.6 is 23.2 Å². The zero-order valence-electron chi connectivity index (χ0n) is 19.5. The van der Waals surface area contributed by atoms with E-state index >= 15 is 0 Å². The Hall–Kier alpha value is -3.01. The molecule has 1 fully saturated rings. The molecule has 1 amide bonds. The van der Waals surface area contributed by atoms with Crippen LogP contribution < -0.4 is 9.62 Å². The van der Waals surface area contributed by atoms with Crippen LogP contribution in [0.2, 0.25) is 10.0 Å². The number of sulfonamides is 1. The molecule has 0 unspecified atom stereocenters. The van der Waals surface area contributed by atoms with Crippen LogP contribution in [-0.4, -0.2) is 45.0 Å². The lowest BCUT2D eigenvalue weighted by Gasteiger charge is -2.33. The smallest absolute Gasteiger partial charge is 0.340 e. The minimum absolute atomic E-state index is 0.0385. The summed E-state index contributed by atoms with van der Waals surface area (Å²) in [5.41, 5.74) is -1.12. The van der Waals surface area contributed by atoms with Crippen LogP contribution in [0.25, 0.3) is 0 Å². The first kappa shape index (κ1) is 28.6. The van der Waals surface area contributed by atoms with Crippen molar-refractivity contribution in [3.05, 3.63) is 56.7 Å². The molecule has 2 heterocycles. The normalized spacial score (nSPS) is 14.4. The van der Waals surface area contributed by atoms with E-state index in [4.69, 9.17) is 27.9 Å². The van der Waals surface area contributed by atoms with Gasteiger partial charge in [-0.3, -0.25) is 9.52 Å². The average molecular weight is 575 g/mol. The molecule has 2 aromatic rings. The summed E-state index contributed by atoms with van der Waals surface area (Å²) in [6.45, 7) is 1.77. The van der Waals surface area contributed by atoms with Crippen molar-refractivity contribution < 1.29 is 31.5 Å². The quantitative estimate of drug-likeness (QED) is 0.463. The van der Waals surface area contributed by atoms with Crippen molar-refractivity contribution in [2.45, 2.75) is 31.9 Å². The molecule has 0 atom stereocenters. The van der Waals surface area contributed by atoms with Gasteiger partial charge in [0.1, 0.15) is 17.6 Å². The number of piperidine rings is 1. The molecule has 37 heavy (non-hydrogen) atoms. The second-order valence-electron chi connectivity index (χ2n) is 8.15. The Bertz CT molecular complexity index is 1340. The van der Waals surface area contributed by atoms with Crippen molar-refractivity contribution in [2.24, 2.45) is 5.92 Å². The molecule has 1 N–H and O–H groups in total. The van der Waals surface area contributed by atoms with Crippen molar-refractivity contribution in [1.82, 2.24) is 9.71 Å². The number of aromatic nitrogens is 1. The number of benzene rings is 1. The number of nitrogens with zero attached hydrogens (tertiary/aromatic N) is 3. The van der Waals surface area contributed by atoms with E-state index in [1.54, 1.807) is 4.90 Å². The number of halogens is 4. The van der Waals surface area contributed by atoms with E-state index in [0.29, 0.717) is 5.02 Å². The van der Waals surface area contributed by atoms with Gasteiger partial charge in [0.15, 0.2) is 0 Å². The number of pyridine rings is 1. The Balaban J connectivity index is 1.71. The summed E-state index contributed by atoms with van der Waals surface area (Å²) >= 11 is 11.8. The molecule has 1 aromatic carbocycles. The van der Waals surface area contributed by atoms with Crippen molar-refractivity contribution in [3.63, 3.8) is 0 Å². The number of hydrogen-bond donors (Lipinski definition) is 1. The summed E-state index contributed by atoms with van der Waals surface area (Å²) < 4.78 is 59.1. The average Bonchev–Trinajstić information content (AvgIpc) is 2.84. The molecule has 1 aromatic heterocycles. The van der Waals surface area contributed by atoms with E-state index in [9.17, 15) is 32.0 Å². The maximum atomic E-state index is 13.6. The van der Waals surface area contributed by atoms with Gasteiger partial charge in [-0.2, -0.15) is 5.26 Å². The van der Waals surface area contributed by atoms with Gasteiger partial charge in [0, 0.05) is 29.1 Å². The number of hydrogen-bond acceptors (Lipinski definition) is 8. The molecule has 0 radical (unpaired) electrons. The number of carbonyl (C=O) groups excluding carboxylic acids is 2. The predicted octanol–water partition coefficient (Wildman–Crippen LogP) is 4.24. The van der Waals surface area contributed by atoms with E-state index in [1.807, 2.05) is 6.07 Å². The molecule has 1 saturated heterocycles. The summed E-state index contributed by atoms with van der Waals surface area (Å²) in [6, 6.07) is 7.21. The highest BCUT2D eigenvalue weighted by Crippen LogP contribution is 2.31. The molecule has 1 aliphatic rings. The van der Waals surface area contributed by atoms with E-state index in [2.05, 4.69) is 9.71 Å². The highest BCUT2D eigenvalue weighted by molar-refractivity contribution is 7.89. The van der Waals surface area contributed by atoms with Gasteiger partial charge in [-0.05, 0) is 43.5 Å². The lowest BCUT2D eigenvalue weighted by molar-refractivity contribution is -0.123. The number of anilines is 1. The van der Waals surface area contributed by atoms with E-state index < -0.39 is 51.3 Å². The Morgan fingerprint density at radius 3 is 2.51 bits per heavy atom. The van der Waals surface area contributed by atoms with Crippen LogP contribution in [0.5, 0.6) is 0 Å². The Morgan fingerprint density at radius 1 is 1.27 bits per heavy atom. The molecule has 0 saturated carbocycles. The monoisotopic (exact) mass is 574 g/mol. The largest absolute Gasteiger partial charge is 0.462 e. The predicted molar refractivity (Wildman–Crippen MR) is 132 cm³/mol. The summed E-state index contributed by atoms with van der Waals surface area (Å²) in [5, 5.41) is 10.0. The number of amides is 1. The number of ether oxygens (including phenoxy) is 1. The molecule has 3 rings (SSSR count). The molecule has 0 bridgehead atoms. The fraction of sp³-hybridized carbons (Fsp3) is 0.391. The molecule has 9 nitrogen and oxygen atoms in total. The summed E-state index contributed by atoms with van der Waals surface area (Å²) in [6.07, 6.45) is -2.73. The summed E-state index contributed by atoms with van der Waals surface area (Å²) in [7, 11) is -4.05. The minimum Gasteiger partial charge on any atom is -0.462 e. The lowest BCUT2D eigenvalue weighted by atomic mass is 9.96. The van der Waals surface area contributed by atoms with Crippen molar-refractivity contribution in [1.29, 1.82) is 5.26 Å². The van der Waals surface area contributed by atoms with Crippen LogP contribution in [0.1, 0.15) is 53.4 Å². The van der Waals surface area contributed by atoms with E-state index in [1.165, 1.54) is 25.1 Å². The fourth-order valence-electron chi connectivity index (χ4n) is 3.85. The molecule has 14 heteroatoms. The summed E-state index contributed by atoms with van der Waals surface area (Å²) in [5.74, 6) is -2.96. The SMILES string of the molecule is CCOC(=O)c1cc(C#N)c(N2CCC(C(=O)NS(=O)(=O)Cc3ccc(Cl)cc3Cl)CC2)nc1C(F)F. The van der Waals surface area contributed by atoms with Crippen molar-refractivity contribution in [2.75, 3.05) is 24.6 Å². The lowest BCUT2D eigenvalue weighted by Crippen LogP contribution is -2.43. The number of esters is 1. The molecule has 0 spiro atoms. The molecule has 198 valence electrons. The van der Waals surface area contributed by atoms with Crippen LogP contribution in [0, 0.1) is 17.2 Å². The molecular weight excluding hydrogens is 553 g/mol. The van der Waals surface area contributed by atoms with E-state index in [-0.39, 0.29) is 54.5 Å². The first-order valence-corrected chi connectivity index (χ1v) is 13.5. The second kappa shape index (κ2) is 12.0. The highest BCUT2D eigenvalue weighted by Gasteiger charge is 2.31.